The lowest BCUT2D eigenvalue weighted by molar-refractivity contribution is -0.135. The van der Waals surface area contributed by atoms with Crippen LogP contribution in [0, 0.1) is 29.1 Å². The standard InChI is InChI=1S/C29H32N4O4/c1-31(17-21-9-14-37-30-21)26(34)18-7-12-32(13-8-18)24-4-2-3-22-25(24)28(36)33(27(22)35)16-19-15-20-5-6-23(19)29(20)10-11-29/h2-6,9,14,18-20,23H,7-8,10-13,15-17H2,1H3/t19-,20-,23-/m1/s1. The highest BCUT2D eigenvalue weighted by Gasteiger charge is 2.63. The molecule has 1 aromatic heterocycles. The summed E-state index contributed by atoms with van der Waals surface area (Å²) in [5.41, 5.74) is 3.06. The molecule has 2 aromatic rings. The summed E-state index contributed by atoms with van der Waals surface area (Å²) in [5.74, 6) is 1.24. The van der Waals surface area contributed by atoms with Crippen LogP contribution < -0.4 is 4.90 Å². The molecule has 0 N–H and O–H groups in total. The molecule has 1 saturated heterocycles. The molecule has 2 bridgehead atoms. The molecule has 37 heavy (non-hydrogen) atoms. The predicted molar refractivity (Wildman–Crippen MR) is 136 cm³/mol. The molecule has 2 aliphatic heterocycles. The van der Waals surface area contributed by atoms with Crippen LogP contribution >= 0.6 is 0 Å². The molecular weight excluding hydrogens is 468 g/mol. The Morgan fingerprint density at radius 2 is 1.95 bits per heavy atom. The first-order valence-corrected chi connectivity index (χ1v) is 13.5. The second-order valence-electron chi connectivity index (χ2n) is 11.6. The normalized spacial score (nSPS) is 27.4. The third kappa shape index (κ3) is 3.48. The summed E-state index contributed by atoms with van der Waals surface area (Å²) < 4.78 is 4.87. The van der Waals surface area contributed by atoms with Crippen molar-refractivity contribution in [2.45, 2.75) is 38.6 Å². The van der Waals surface area contributed by atoms with E-state index in [1.165, 1.54) is 24.0 Å². The lowest BCUT2D eigenvalue weighted by atomic mass is 9.88. The highest BCUT2D eigenvalue weighted by atomic mass is 16.5. The molecule has 8 nitrogen and oxygen atoms in total. The number of rotatable bonds is 6. The van der Waals surface area contributed by atoms with E-state index >= 15 is 0 Å². The Labute approximate surface area is 216 Å². The van der Waals surface area contributed by atoms with Gasteiger partial charge in [0.05, 0.1) is 23.4 Å². The van der Waals surface area contributed by atoms with Gasteiger partial charge in [-0.3, -0.25) is 19.3 Å². The molecule has 2 saturated carbocycles. The topological polar surface area (TPSA) is 87.0 Å². The number of aromatic nitrogens is 1. The lowest BCUT2D eigenvalue weighted by Gasteiger charge is -2.35. The Morgan fingerprint density at radius 1 is 1.14 bits per heavy atom. The summed E-state index contributed by atoms with van der Waals surface area (Å²) in [6.45, 7) is 2.29. The minimum Gasteiger partial charge on any atom is -0.371 e. The maximum Gasteiger partial charge on any atom is 0.263 e. The number of piperidine rings is 1. The Morgan fingerprint density at radius 3 is 2.65 bits per heavy atom. The number of imide groups is 1. The maximum atomic E-state index is 13.6. The number of fused-ring (bicyclic) bond motifs is 1. The zero-order valence-electron chi connectivity index (χ0n) is 21.1. The van der Waals surface area contributed by atoms with E-state index in [1.54, 1.807) is 24.1 Å². The average molecular weight is 501 g/mol. The van der Waals surface area contributed by atoms with Crippen LogP contribution in [-0.4, -0.2) is 59.4 Å². The Hall–Kier alpha value is -3.42. The quantitative estimate of drug-likeness (QED) is 0.444. The highest BCUT2D eigenvalue weighted by molar-refractivity contribution is 6.23. The van der Waals surface area contributed by atoms with Crippen LogP contribution in [0.4, 0.5) is 5.69 Å². The first kappa shape index (κ1) is 22.8. The molecule has 7 rings (SSSR count). The molecule has 192 valence electrons. The number of hydrogen-bond donors (Lipinski definition) is 0. The predicted octanol–water partition coefficient (Wildman–Crippen LogP) is 3.75. The molecule has 3 atom stereocenters. The first-order valence-electron chi connectivity index (χ1n) is 13.5. The SMILES string of the molecule is CN(Cc1ccon1)C(=O)C1CCN(c2cccc3c2C(=O)N(C[C@H]2C[C@H]4C=C[C@H]2C42CC2)C3=O)CC1. The van der Waals surface area contributed by atoms with Crippen LogP contribution in [0.3, 0.4) is 0 Å². The minimum atomic E-state index is -0.155. The Kier molecular flexibility index (Phi) is 5.10. The zero-order valence-corrected chi connectivity index (χ0v) is 21.1. The van der Waals surface area contributed by atoms with Crippen LogP contribution in [0.15, 0.2) is 47.2 Å². The van der Waals surface area contributed by atoms with Gasteiger partial charge in [-0.2, -0.15) is 0 Å². The van der Waals surface area contributed by atoms with E-state index in [0.29, 0.717) is 73.3 Å². The number of benzene rings is 1. The molecule has 0 unspecified atom stereocenters. The van der Waals surface area contributed by atoms with Crippen LogP contribution in [0.25, 0.3) is 0 Å². The lowest BCUT2D eigenvalue weighted by Crippen LogP contribution is -2.41. The fraction of sp³-hybridized carbons (Fsp3) is 0.517. The first-order chi connectivity index (χ1) is 18.0. The van der Waals surface area contributed by atoms with E-state index in [0.717, 1.165) is 17.8 Å². The van der Waals surface area contributed by atoms with E-state index in [9.17, 15) is 14.4 Å². The van der Waals surface area contributed by atoms with Gasteiger partial charge in [0.25, 0.3) is 11.8 Å². The zero-order chi connectivity index (χ0) is 25.3. The third-order valence-corrected chi connectivity index (χ3v) is 9.69. The van der Waals surface area contributed by atoms with Gasteiger partial charge in [-0.05, 0) is 67.4 Å². The van der Waals surface area contributed by atoms with Crippen LogP contribution in [-0.2, 0) is 11.3 Å². The second kappa shape index (κ2) is 8.30. The molecule has 1 spiro atoms. The van der Waals surface area contributed by atoms with Crippen molar-refractivity contribution in [3.8, 4) is 0 Å². The molecule has 1 aromatic carbocycles. The van der Waals surface area contributed by atoms with Crippen molar-refractivity contribution in [1.29, 1.82) is 0 Å². The number of nitrogens with zero attached hydrogens (tertiary/aromatic N) is 4. The fourth-order valence-electron chi connectivity index (χ4n) is 7.63. The van der Waals surface area contributed by atoms with Gasteiger partial charge in [0.15, 0.2) is 0 Å². The summed E-state index contributed by atoms with van der Waals surface area (Å²) in [4.78, 5) is 45.4. The van der Waals surface area contributed by atoms with Crippen molar-refractivity contribution < 1.29 is 18.9 Å². The van der Waals surface area contributed by atoms with Gasteiger partial charge < -0.3 is 14.3 Å². The van der Waals surface area contributed by atoms with E-state index in [1.807, 2.05) is 12.1 Å². The molecule has 5 aliphatic rings. The van der Waals surface area contributed by atoms with Crippen molar-refractivity contribution in [3.63, 3.8) is 0 Å². The van der Waals surface area contributed by atoms with Crippen molar-refractivity contribution in [1.82, 2.24) is 15.0 Å². The number of anilines is 1. The molecule has 3 amide bonds. The van der Waals surface area contributed by atoms with Gasteiger partial charge in [0.2, 0.25) is 5.91 Å². The van der Waals surface area contributed by atoms with Crippen molar-refractivity contribution in [3.05, 3.63) is 59.5 Å². The highest BCUT2D eigenvalue weighted by Crippen LogP contribution is 2.70. The van der Waals surface area contributed by atoms with E-state index in [4.69, 9.17) is 4.52 Å². The number of allylic oxidation sites excluding steroid dienone is 2. The van der Waals surface area contributed by atoms with E-state index in [-0.39, 0.29) is 23.6 Å². The minimum absolute atomic E-state index is 0.0701. The van der Waals surface area contributed by atoms with E-state index in [2.05, 4.69) is 22.2 Å². The maximum absolute atomic E-state index is 13.6. The van der Waals surface area contributed by atoms with Gasteiger partial charge in [-0.1, -0.05) is 23.4 Å². The summed E-state index contributed by atoms with van der Waals surface area (Å²) in [6.07, 6.45) is 11.3. The smallest absolute Gasteiger partial charge is 0.263 e. The summed E-state index contributed by atoms with van der Waals surface area (Å²) >= 11 is 0. The molecule has 8 heteroatoms. The van der Waals surface area contributed by atoms with Gasteiger partial charge in [-0.15, -0.1) is 0 Å². The van der Waals surface area contributed by atoms with Crippen LogP contribution in [0.2, 0.25) is 0 Å². The number of hydrogen-bond acceptors (Lipinski definition) is 6. The van der Waals surface area contributed by atoms with Crippen molar-refractivity contribution in [2.24, 2.45) is 29.1 Å². The molecule has 3 heterocycles. The molecular formula is C29H32N4O4. The third-order valence-electron chi connectivity index (χ3n) is 9.69. The average Bonchev–Trinajstić information content (AvgIpc) is 3.15. The van der Waals surface area contributed by atoms with Gasteiger partial charge in [0.1, 0.15) is 12.0 Å². The van der Waals surface area contributed by atoms with Crippen molar-refractivity contribution >= 4 is 23.4 Å². The molecule has 3 aliphatic carbocycles. The summed E-state index contributed by atoms with van der Waals surface area (Å²) in [6, 6.07) is 7.39. The molecule has 3 fully saturated rings. The number of amides is 3. The fourth-order valence-corrected chi connectivity index (χ4v) is 7.63. The van der Waals surface area contributed by atoms with Gasteiger partial charge >= 0.3 is 0 Å². The van der Waals surface area contributed by atoms with Crippen LogP contribution in [0.1, 0.15) is 58.5 Å². The Bertz CT molecular complexity index is 1290. The number of carbonyl (C=O) groups excluding carboxylic acids is 3. The second-order valence-corrected chi connectivity index (χ2v) is 11.6. The Balaban J connectivity index is 1.03. The van der Waals surface area contributed by atoms with Crippen molar-refractivity contribution in [2.75, 3.05) is 31.6 Å². The van der Waals surface area contributed by atoms with E-state index < -0.39 is 0 Å². The largest absolute Gasteiger partial charge is 0.371 e. The van der Waals surface area contributed by atoms with Gasteiger partial charge in [0, 0.05) is 38.7 Å². The van der Waals surface area contributed by atoms with Gasteiger partial charge in [-0.25, -0.2) is 0 Å². The monoisotopic (exact) mass is 500 g/mol. The molecule has 0 radical (unpaired) electrons. The summed E-state index contributed by atoms with van der Waals surface area (Å²) in [5, 5.41) is 3.90. The summed E-state index contributed by atoms with van der Waals surface area (Å²) in [7, 11) is 1.79. The number of carbonyl (C=O) groups is 3. The van der Waals surface area contributed by atoms with Crippen LogP contribution in [0.5, 0.6) is 0 Å².